The summed E-state index contributed by atoms with van der Waals surface area (Å²) in [6.07, 6.45) is 2.07. The molecule has 184 valence electrons. The molecule has 3 rings (SSSR count). The van der Waals surface area contributed by atoms with Gasteiger partial charge in [-0.05, 0) is 56.9 Å². The predicted octanol–water partition coefficient (Wildman–Crippen LogP) is 3.63. The van der Waals surface area contributed by atoms with Crippen LogP contribution >= 0.6 is 0 Å². The van der Waals surface area contributed by atoms with Gasteiger partial charge in [-0.15, -0.1) is 0 Å². The highest BCUT2D eigenvalue weighted by atomic mass is 32.2. The third kappa shape index (κ3) is 5.85. The maximum atomic E-state index is 13.1. The van der Waals surface area contributed by atoms with E-state index in [0.717, 1.165) is 12.0 Å². The van der Waals surface area contributed by atoms with Gasteiger partial charge in [-0.25, -0.2) is 8.42 Å². The number of carbonyl (C=O) groups is 2. The SMILES string of the molecule is CCC(C(=O)N1CCC(NC(=O)c2cccc(S(=O)(=O)N(C)C(C)C)c2)CC1)c1ccccc1. The van der Waals surface area contributed by atoms with Crippen LogP contribution in [0.4, 0.5) is 0 Å². The molecule has 0 aliphatic carbocycles. The summed E-state index contributed by atoms with van der Waals surface area (Å²) in [6, 6.07) is 15.7. The molecule has 0 bridgehead atoms. The first-order valence-electron chi connectivity index (χ1n) is 11.9. The zero-order valence-corrected chi connectivity index (χ0v) is 21.2. The molecule has 1 atom stereocenters. The van der Waals surface area contributed by atoms with Gasteiger partial charge < -0.3 is 10.2 Å². The van der Waals surface area contributed by atoms with Crippen molar-refractivity contribution in [1.29, 1.82) is 0 Å². The summed E-state index contributed by atoms with van der Waals surface area (Å²) >= 11 is 0. The van der Waals surface area contributed by atoms with Crippen molar-refractivity contribution in [3.63, 3.8) is 0 Å². The molecule has 1 heterocycles. The van der Waals surface area contributed by atoms with Gasteiger partial charge in [-0.2, -0.15) is 4.31 Å². The number of likely N-dealkylation sites (tertiary alicyclic amines) is 1. The Morgan fingerprint density at radius 2 is 1.71 bits per heavy atom. The Kier molecular flexibility index (Phi) is 8.49. The molecule has 2 aromatic rings. The second kappa shape index (κ2) is 11.1. The average molecular weight is 486 g/mol. The number of carbonyl (C=O) groups excluding carboxylic acids is 2. The van der Waals surface area contributed by atoms with Crippen LogP contribution in [0, 0.1) is 0 Å². The molecule has 1 fully saturated rings. The molecule has 2 amide bonds. The minimum Gasteiger partial charge on any atom is -0.349 e. The van der Waals surface area contributed by atoms with Crippen LogP contribution in [0.5, 0.6) is 0 Å². The molecule has 0 aromatic heterocycles. The molecule has 2 aromatic carbocycles. The topological polar surface area (TPSA) is 86.8 Å². The normalized spacial score (nSPS) is 16.0. The molecule has 0 radical (unpaired) electrons. The van der Waals surface area contributed by atoms with E-state index in [-0.39, 0.29) is 34.7 Å². The summed E-state index contributed by atoms with van der Waals surface area (Å²) < 4.78 is 26.8. The lowest BCUT2D eigenvalue weighted by Crippen LogP contribution is -2.47. The Morgan fingerprint density at radius 1 is 1.06 bits per heavy atom. The van der Waals surface area contributed by atoms with E-state index < -0.39 is 10.0 Å². The van der Waals surface area contributed by atoms with Crippen molar-refractivity contribution in [3.05, 3.63) is 65.7 Å². The smallest absolute Gasteiger partial charge is 0.251 e. The molecule has 1 saturated heterocycles. The molecular weight excluding hydrogens is 450 g/mol. The predicted molar refractivity (Wildman–Crippen MR) is 133 cm³/mol. The lowest BCUT2D eigenvalue weighted by molar-refractivity contribution is -0.134. The largest absolute Gasteiger partial charge is 0.349 e. The first-order valence-corrected chi connectivity index (χ1v) is 13.3. The Balaban J connectivity index is 1.60. The van der Waals surface area contributed by atoms with Gasteiger partial charge in [0.05, 0.1) is 10.8 Å². The zero-order chi connectivity index (χ0) is 24.9. The number of amides is 2. The summed E-state index contributed by atoms with van der Waals surface area (Å²) in [7, 11) is -2.14. The van der Waals surface area contributed by atoms with Crippen LogP contribution in [0.2, 0.25) is 0 Å². The molecule has 8 heteroatoms. The van der Waals surface area contributed by atoms with Gasteiger partial charge in [0.25, 0.3) is 5.91 Å². The molecule has 1 N–H and O–H groups in total. The van der Waals surface area contributed by atoms with Gasteiger partial charge >= 0.3 is 0 Å². The highest BCUT2D eigenvalue weighted by Gasteiger charge is 2.29. The van der Waals surface area contributed by atoms with E-state index in [4.69, 9.17) is 0 Å². The van der Waals surface area contributed by atoms with Gasteiger partial charge in [0, 0.05) is 37.8 Å². The maximum Gasteiger partial charge on any atom is 0.251 e. The molecule has 34 heavy (non-hydrogen) atoms. The lowest BCUT2D eigenvalue weighted by atomic mass is 9.93. The van der Waals surface area contributed by atoms with E-state index in [9.17, 15) is 18.0 Å². The number of benzene rings is 2. The Labute approximate surface area is 203 Å². The van der Waals surface area contributed by atoms with E-state index in [1.807, 2.05) is 42.2 Å². The molecule has 1 unspecified atom stereocenters. The van der Waals surface area contributed by atoms with Crippen molar-refractivity contribution >= 4 is 21.8 Å². The Bertz CT molecular complexity index is 1090. The molecule has 0 spiro atoms. The number of nitrogens with zero attached hydrogens (tertiary/aromatic N) is 2. The third-order valence-electron chi connectivity index (χ3n) is 6.55. The van der Waals surface area contributed by atoms with Crippen molar-refractivity contribution in [2.75, 3.05) is 20.1 Å². The first-order chi connectivity index (χ1) is 16.1. The molecule has 1 aliphatic heterocycles. The standard InChI is InChI=1S/C26H35N3O4S/c1-5-24(20-10-7-6-8-11-20)26(31)29-16-14-22(15-17-29)27-25(30)21-12-9-13-23(18-21)34(32,33)28(4)19(2)3/h6-13,18-19,22,24H,5,14-17H2,1-4H3,(H,27,30). The van der Waals surface area contributed by atoms with Crippen molar-refractivity contribution < 1.29 is 18.0 Å². The zero-order valence-electron chi connectivity index (χ0n) is 20.4. The Morgan fingerprint density at radius 3 is 2.29 bits per heavy atom. The van der Waals surface area contributed by atoms with Crippen LogP contribution in [-0.4, -0.2) is 61.7 Å². The quantitative estimate of drug-likeness (QED) is 0.619. The number of rotatable bonds is 8. The summed E-state index contributed by atoms with van der Waals surface area (Å²) in [5.74, 6) is -0.323. The Hall–Kier alpha value is -2.71. The van der Waals surface area contributed by atoms with Crippen LogP contribution in [0.25, 0.3) is 0 Å². The summed E-state index contributed by atoms with van der Waals surface area (Å²) in [5, 5.41) is 3.01. The van der Waals surface area contributed by atoms with Crippen molar-refractivity contribution in [2.24, 2.45) is 0 Å². The minimum atomic E-state index is -3.67. The fourth-order valence-corrected chi connectivity index (χ4v) is 5.63. The summed E-state index contributed by atoms with van der Waals surface area (Å²) in [5.41, 5.74) is 1.34. The number of hydrogen-bond donors (Lipinski definition) is 1. The van der Waals surface area contributed by atoms with E-state index in [0.29, 0.717) is 31.5 Å². The van der Waals surface area contributed by atoms with E-state index >= 15 is 0 Å². The van der Waals surface area contributed by atoms with E-state index in [2.05, 4.69) is 5.32 Å². The van der Waals surface area contributed by atoms with E-state index in [1.54, 1.807) is 26.0 Å². The highest BCUT2D eigenvalue weighted by molar-refractivity contribution is 7.89. The number of hydrogen-bond acceptors (Lipinski definition) is 4. The fraction of sp³-hybridized carbons (Fsp3) is 0.462. The van der Waals surface area contributed by atoms with Crippen LogP contribution in [-0.2, 0) is 14.8 Å². The number of nitrogens with one attached hydrogen (secondary N) is 1. The van der Waals surface area contributed by atoms with E-state index in [1.165, 1.54) is 23.5 Å². The minimum absolute atomic E-state index is 0.0630. The first kappa shape index (κ1) is 25.9. The van der Waals surface area contributed by atoms with Crippen molar-refractivity contribution in [1.82, 2.24) is 14.5 Å². The van der Waals surface area contributed by atoms with Gasteiger partial charge in [0.2, 0.25) is 15.9 Å². The summed E-state index contributed by atoms with van der Waals surface area (Å²) in [6.45, 7) is 6.79. The van der Waals surface area contributed by atoms with Crippen LogP contribution in [0.3, 0.4) is 0 Å². The van der Waals surface area contributed by atoms with Crippen LogP contribution in [0.1, 0.15) is 61.9 Å². The second-order valence-corrected chi connectivity index (χ2v) is 11.1. The average Bonchev–Trinajstić information content (AvgIpc) is 2.85. The van der Waals surface area contributed by atoms with Gasteiger partial charge in [-0.3, -0.25) is 9.59 Å². The summed E-state index contributed by atoms with van der Waals surface area (Å²) in [4.78, 5) is 27.9. The van der Waals surface area contributed by atoms with Gasteiger partial charge in [0.15, 0.2) is 0 Å². The monoisotopic (exact) mass is 485 g/mol. The highest BCUT2D eigenvalue weighted by Crippen LogP contribution is 2.24. The molecule has 0 saturated carbocycles. The second-order valence-electron chi connectivity index (χ2n) is 9.09. The molecule has 1 aliphatic rings. The number of piperidine rings is 1. The molecule has 7 nitrogen and oxygen atoms in total. The fourth-order valence-electron chi connectivity index (χ4n) is 4.21. The lowest BCUT2D eigenvalue weighted by Gasteiger charge is -2.34. The van der Waals surface area contributed by atoms with Gasteiger partial charge in [-0.1, -0.05) is 43.3 Å². The maximum absolute atomic E-state index is 13.1. The molecular formula is C26H35N3O4S. The van der Waals surface area contributed by atoms with Crippen LogP contribution < -0.4 is 5.32 Å². The van der Waals surface area contributed by atoms with Crippen LogP contribution in [0.15, 0.2) is 59.5 Å². The number of sulfonamides is 1. The van der Waals surface area contributed by atoms with Gasteiger partial charge in [0.1, 0.15) is 0 Å². The van der Waals surface area contributed by atoms with Crippen molar-refractivity contribution in [2.45, 2.75) is 62.9 Å². The third-order valence-corrected chi connectivity index (χ3v) is 8.58. The van der Waals surface area contributed by atoms with Crippen molar-refractivity contribution in [3.8, 4) is 0 Å².